The number of rotatable bonds is 17. The van der Waals surface area contributed by atoms with E-state index >= 15 is 0 Å². The molecule has 2 aromatic carbocycles. The van der Waals surface area contributed by atoms with Crippen LogP contribution in [0.1, 0.15) is 90.2 Å². The van der Waals surface area contributed by atoms with Crippen LogP contribution in [0.4, 0.5) is 10.5 Å². The Kier molecular flexibility index (Phi) is 14.8. The summed E-state index contributed by atoms with van der Waals surface area (Å²) < 4.78 is 13.4. The number of carbonyl (C=O) groups is 1. The number of pyridine rings is 1. The molecule has 1 amide bonds. The summed E-state index contributed by atoms with van der Waals surface area (Å²) in [6.07, 6.45) is 9.72. The predicted molar refractivity (Wildman–Crippen MR) is 206 cm³/mol. The Bertz CT molecular complexity index is 1550. The lowest BCUT2D eigenvalue weighted by Crippen LogP contribution is -2.43. The number of aromatic amines is 1. The zero-order valence-electron chi connectivity index (χ0n) is 30.1. The van der Waals surface area contributed by atoms with E-state index in [4.69, 9.17) is 9.16 Å². The molecule has 0 bridgehead atoms. The highest BCUT2D eigenvalue weighted by molar-refractivity contribution is 9.10. The number of amides is 1. The number of aromatic nitrogens is 1. The van der Waals surface area contributed by atoms with Gasteiger partial charge < -0.3 is 29.5 Å². The van der Waals surface area contributed by atoms with Gasteiger partial charge in [0.25, 0.3) is 0 Å². The molecule has 1 aliphatic rings. The lowest BCUT2D eigenvalue weighted by Gasteiger charge is -2.39. The van der Waals surface area contributed by atoms with Gasteiger partial charge in [-0.2, -0.15) is 0 Å². The molecular formula is C38H57BrN4O5Si. The zero-order valence-corrected chi connectivity index (χ0v) is 32.7. The monoisotopic (exact) mass is 756 g/mol. The third-order valence-corrected chi connectivity index (χ3v) is 15.3. The van der Waals surface area contributed by atoms with Gasteiger partial charge in [0, 0.05) is 35.6 Å². The zero-order chi connectivity index (χ0) is 35.4. The average Bonchev–Trinajstić information content (AvgIpc) is 3.05. The van der Waals surface area contributed by atoms with E-state index in [1.165, 1.54) is 44.6 Å². The number of hydrogen-bond donors (Lipinski definition) is 4. The molecule has 0 radical (unpaired) electrons. The van der Waals surface area contributed by atoms with Crippen LogP contribution in [0.3, 0.4) is 0 Å². The van der Waals surface area contributed by atoms with Crippen LogP contribution in [0, 0.1) is 0 Å². The number of nitrogens with one attached hydrogen (secondary N) is 3. The van der Waals surface area contributed by atoms with E-state index in [9.17, 15) is 14.7 Å². The molecule has 9 nitrogen and oxygen atoms in total. The van der Waals surface area contributed by atoms with Gasteiger partial charge in [-0.25, -0.2) is 4.79 Å². The SMILES string of the molecule is CC(C)(C)[Si](C)(C)OC(CNCCCCCCCCCN1CCC(OC(=O)Nc2ccccc2Br)CC1)c1ccc(O)c2[nH]c(=O)ccc12. The Hall–Kier alpha value is -2.70. The number of fused-ring (bicyclic) bond motifs is 1. The number of phenolic OH excluding ortho intramolecular Hbond substituents is 1. The Morgan fingerprint density at radius 1 is 1.00 bits per heavy atom. The van der Waals surface area contributed by atoms with Crippen molar-refractivity contribution in [1.29, 1.82) is 0 Å². The Labute approximate surface area is 301 Å². The molecule has 270 valence electrons. The van der Waals surface area contributed by atoms with Crippen LogP contribution < -0.4 is 16.2 Å². The van der Waals surface area contributed by atoms with Crippen molar-refractivity contribution in [3.05, 3.63) is 68.9 Å². The molecule has 4 rings (SSSR count). The van der Waals surface area contributed by atoms with Crippen LogP contribution in [0.15, 0.2) is 57.8 Å². The molecule has 1 fully saturated rings. The van der Waals surface area contributed by atoms with Gasteiger partial charge in [-0.1, -0.05) is 71.1 Å². The fraction of sp³-hybridized carbons (Fsp3) is 0.579. The van der Waals surface area contributed by atoms with Gasteiger partial charge in [0.05, 0.1) is 17.3 Å². The fourth-order valence-electron chi connectivity index (χ4n) is 6.09. The molecule has 0 aliphatic carbocycles. The molecule has 1 unspecified atom stereocenters. The normalized spacial score (nSPS) is 15.4. The van der Waals surface area contributed by atoms with Gasteiger partial charge in [0.2, 0.25) is 5.56 Å². The van der Waals surface area contributed by atoms with E-state index in [1.807, 2.05) is 30.3 Å². The highest BCUT2D eigenvalue weighted by atomic mass is 79.9. The number of para-hydroxylation sites is 1. The summed E-state index contributed by atoms with van der Waals surface area (Å²) in [4.78, 5) is 29.6. The van der Waals surface area contributed by atoms with Crippen LogP contribution >= 0.6 is 15.9 Å². The number of piperidine rings is 1. The van der Waals surface area contributed by atoms with Crippen molar-refractivity contribution < 1.29 is 19.1 Å². The molecule has 0 saturated carbocycles. The average molecular weight is 758 g/mol. The molecule has 1 aliphatic heterocycles. The number of phenols is 1. The van der Waals surface area contributed by atoms with Crippen molar-refractivity contribution in [2.24, 2.45) is 0 Å². The van der Waals surface area contributed by atoms with Gasteiger partial charge in [-0.3, -0.25) is 10.1 Å². The summed E-state index contributed by atoms with van der Waals surface area (Å²) in [6.45, 7) is 15.9. The molecular weight excluding hydrogens is 700 g/mol. The van der Waals surface area contributed by atoms with Crippen LogP contribution in [-0.2, 0) is 9.16 Å². The molecule has 49 heavy (non-hydrogen) atoms. The van der Waals surface area contributed by atoms with E-state index in [1.54, 1.807) is 12.1 Å². The maximum Gasteiger partial charge on any atom is 0.411 e. The quantitative estimate of drug-likeness (QED) is 0.0802. The van der Waals surface area contributed by atoms with E-state index in [-0.39, 0.29) is 34.6 Å². The van der Waals surface area contributed by atoms with Crippen molar-refractivity contribution in [2.45, 2.75) is 109 Å². The first-order valence-corrected chi connectivity index (χ1v) is 21.7. The van der Waals surface area contributed by atoms with Crippen LogP contribution in [0.5, 0.6) is 5.75 Å². The molecule has 3 aromatic rings. The summed E-state index contributed by atoms with van der Waals surface area (Å²) in [5.74, 6) is 0.0708. The molecule has 4 N–H and O–H groups in total. The van der Waals surface area contributed by atoms with Crippen molar-refractivity contribution in [1.82, 2.24) is 15.2 Å². The lowest BCUT2D eigenvalue weighted by atomic mass is 10.0. The second-order valence-corrected chi connectivity index (χ2v) is 20.5. The van der Waals surface area contributed by atoms with Gasteiger partial charge in [-0.15, -0.1) is 0 Å². The number of carbonyl (C=O) groups excluding carboxylic acids is 1. The minimum Gasteiger partial charge on any atom is -0.506 e. The molecule has 2 heterocycles. The van der Waals surface area contributed by atoms with Crippen LogP contribution in [0.25, 0.3) is 10.9 Å². The number of likely N-dealkylation sites (tertiary alicyclic amines) is 1. The standard InChI is InChI=1S/C38H57BrN4O5Si/c1-38(2,3)49(4,5)48-34(29-17-19-33(44)36-30(29)18-20-35(45)42-36)27-40-23-13-9-7-6-8-10-14-24-43-25-21-28(22-26-43)47-37(46)41-32-16-12-11-15-31(32)39/h11-12,15-20,28,34,40,44H,6-10,13-14,21-27H2,1-5H3,(H,41,46)(H,42,45). The van der Waals surface area contributed by atoms with Crippen molar-refractivity contribution >= 4 is 46.9 Å². The van der Waals surface area contributed by atoms with Gasteiger partial charge in [0.1, 0.15) is 11.9 Å². The van der Waals surface area contributed by atoms with E-state index in [0.717, 1.165) is 66.6 Å². The molecule has 1 atom stereocenters. The maximum atomic E-state index is 12.3. The number of aromatic hydroxyl groups is 1. The predicted octanol–water partition coefficient (Wildman–Crippen LogP) is 9.09. The van der Waals surface area contributed by atoms with Crippen molar-refractivity contribution in [3.8, 4) is 5.75 Å². The topological polar surface area (TPSA) is 116 Å². The van der Waals surface area contributed by atoms with E-state index in [0.29, 0.717) is 12.1 Å². The van der Waals surface area contributed by atoms with Gasteiger partial charge in [-0.05, 0) is 103 Å². The molecule has 0 spiro atoms. The number of nitrogens with zero attached hydrogens (tertiary/aromatic N) is 1. The largest absolute Gasteiger partial charge is 0.506 e. The van der Waals surface area contributed by atoms with Crippen LogP contribution in [0.2, 0.25) is 18.1 Å². The summed E-state index contributed by atoms with van der Waals surface area (Å²) in [7, 11) is -2.09. The number of ether oxygens (including phenoxy) is 1. The Morgan fingerprint density at radius 3 is 2.37 bits per heavy atom. The van der Waals surface area contributed by atoms with Gasteiger partial charge in [0.15, 0.2) is 8.32 Å². The molecule has 1 aromatic heterocycles. The summed E-state index contributed by atoms with van der Waals surface area (Å²) in [5, 5.41) is 17.8. The summed E-state index contributed by atoms with van der Waals surface area (Å²) in [6, 6.07) is 14.4. The smallest absolute Gasteiger partial charge is 0.411 e. The fourth-order valence-corrected chi connectivity index (χ4v) is 7.75. The third-order valence-electron chi connectivity index (χ3n) is 10.1. The summed E-state index contributed by atoms with van der Waals surface area (Å²) >= 11 is 3.45. The van der Waals surface area contributed by atoms with Crippen molar-refractivity contribution in [2.75, 3.05) is 38.0 Å². The van der Waals surface area contributed by atoms with Crippen molar-refractivity contribution in [3.63, 3.8) is 0 Å². The number of benzene rings is 2. The first-order valence-electron chi connectivity index (χ1n) is 18.0. The van der Waals surface area contributed by atoms with E-state index < -0.39 is 8.32 Å². The highest BCUT2D eigenvalue weighted by Gasteiger charge is 2.39. The van der Waals surface area contributed by atoms with Gasteiger partial charge >= 0.3 is 6.09 Å². The second kappa shape index (κ2) is 18.5. The first kappa shape index (κ1) is 39.1. The summed E-state index contributed by atoms with van der Waals surface area (Å²) in [5.41, 5.74) is 1.93. The minimum absolute atomic E-state index is 0.0247. The maximum absolute atomic E-state index is 12.3. The Morgan fingerprint density at radius 2 is 1.67 bits per heavy atom. The minimum atomic E-state index is -2.09. The second-order valence-electron chi connectivity index (χ2n) is 14.9. The number of H-pyrrole nitrogens is 1. The lowest BCUT2D eigenvalue weighted by molar-refractivity contribution is 0.0584. The molecule has 1 saturated heterocycles. The molecule has 11 heteroatoms. The first-order chi connectivity index (χ1) is 23.3. The Balaban J connectivity index is 1.09. The third kappa shape index (κ3) is 11.9. The van der Waals surface area contributed by atoms with E-state index in [2.05, 4.69) is 70.3 Å². The number of hydrogen-bond acceptors (Lipinski definition) is 7. The highest BCUT2D eigenvalue weighted by Crippen LogP contribution is 2.41. The number of anilines is 1. The number of halogens is 1. The number of unbranched alkanes of at least 4 members (excludes halogenated alkanes) is 6. The van der Waals surface area contributed by atoms with Crippen LogP contribution in [-0.4, -0.2) is 68.2 Å².